The molecule has 1 aromatic rings. The Kier molecular flexibility index (Phi) is 8.46. The Labute approximate surface area is 139 Å². The zero-order valence-corrected chi connectivity index (χ0v) is 14.2. The van der Waals surface area contributed by atoms with Crippen molar-refractivity contribution in [3.8, 4) is 0 Å². The Morgan fingerprint density at radius 3 is 2.45 bits per heavy atom. The van der Waals surface area contributed by atoms with Crippen LogP contribution in [0.25, 0.3) is 0 Å². The summed E-state index contributed by atoms with van der Waals surface area (Å²) < 4.78 is 11.1. The maximum absolute atomic E-state index is 11.9. The van der Waals surface area contributed by atoms with E-state index in [0.29, 0.717) is 0 Å². The third kappa shape index (κ3) is 5.95. The maximum atomic E-state index is 11.9. The molecule has 0 bridgehead atoms. The van der Waals surface area contributed by atoms with Crippen molar-refractivity contribution in [3.63, 3.8) is 0 Å². The van der Waals surface area contributed by atoms with Crippen molar-refractivity contribution >= 4 is 18.4 Å². The average molecular weight is 328 g/mol. The van der Waals surface area contributed by atoms with Gasteiger partial charge in [0.15, 0.2) is 0 Å². The molecular formula is C17H26ClNO3. The predicted octanol–water partition coefficient (Wildman–Crippen LogP) is 3.07. The molecule has 1 atom stereocenters. The summed E-state index contributed by atoms with van der Waals surface area (Å²) in [4.78, 5) is 14.3. The monoisotopic (exact) mass is 327 g/mol. The van der Waals surface area contributed by atoms with Crippen LogP contribution in [0.5, 0.6) is 0 Å². The number of ether oxygens (including phenoxy) is 2. The van der Waals surface area contributed by atoms with Crippen LogP contribution in [-0.4, -0.2) is 43.7 Å². The van der Waals surface area contributed by atoms with E-state index in [4.69, 9.17) is 9.47 Å². The Morgan fingerprint density at radius 1 is 1.23 bits per heavy atom. The van der Waals surface area contributed by atoms with Crippen LogP contribution in [0.15, 0.2) is 30.3 Å². The summed E-state index contributed by atoms with van der Waals surface area (Å²) in [5.41, 5.74) is 1.07. The van der Waals surface area contributed by atoms with Crippen LogP contribution in [0.1, 0.15) is 31.9 Å². The molecule has 1 aromatic carbocycles. The molecule has 0 aliphatic carbocycles. The van der Waals surface area contributed by atoms with Crippen molar-refractivity contribution in [3.05, 3.63) is 35.9 Å². The van der Waals surface area contributed by atoms with Gasteiger partial charge in [0, 0.05) is 26.1 Å². The summed E-state index contributed by atoms with van der Waals surface area (Å²) in [6.07, 6.45) is 0.659. The van der Waals surface area contributed by atoms with E-state index in [9.17, 15) is 4.79 Å². The molecule has 0 amide bonds. The van der Waals surface area contributed by atoms with Crippen LogP contribution >= 0.6 is 12.4 Å². The van der Waals surface area contributed by atoms with E-state index >= 15 is 0 Å². The van der Waals surface area contributed by atoms with Gasteiger partial charge in [-0.2, -0.15) is 0 Å². The topological polar surface area (TPSA) is 38.8 Å². The largest absolute Gasteiger partial charge is 0.457 e. The second-order valence-electron chi connectivity index (χ2n) is 5.73. The van der Waals surface area contributed by atoms with Crippen LogP contribution in [0.4, 0.5) is 0 Å². The zero-order chi connectivity index (χ0) is 15.1. The third-order valence-electron chi connectivity index (χ3n) is 3.71. The molecule has 1 unspecified atom stereocenters. The molecule has 0 saturated carbocycles. The quantitative estimate of drug-likeness (QED) is 0.753. The molecule has 1 aliphatic heterocycles. The van der Waals surface area contributed by atoms with E-state index in [1.807, 2.05) is 44.2 Å². The second-order valence-corrected chi connectivity index (χ2v) is 5.73. The van der Waals surface area contributed by atoms with Gasteiger partial charge in [-0.3, -0.25) is 9.69 Å². The first-order valence-corrected chi connectivity index (χ1v) is 7.72. The van der Waals surface area contributed by atoms with Gasteiger partial charge in [-0.15, -0.1) is 12.4 Å². The lowest BCUT2D eigenvalue weighted by Gasteiger charge is -2.28. The van der Waals surface area contributed by atoms with Crippen molar-refractivity contribution in [2.45, 2.75) is 26.4 Å². The summed E-state index contributed by atoms with van der Waals surface area (Å²) in [5, 5.41) is 0. The highest BCUT2D eigenvalue weighted by molar-refractivity contribution is 5.85. The Bertz CT molecular complexity index is 433. The lowest BCUT2D eigenvalue weighted by atomic mass is 10.1. The summed E-state index contributed by atoms with van der Waals surface area (Å²) in [6, 6.07) is 10.0. The normalized spacial score (nSPS) is 16.9. The lowest BCUT2D eigenvalue weighted by molar-refractivity contribution is -0.154. The van der Waals surface area contributed by atoms with Crippen LogP contribution in [0, 0.1) is 5.92 Å². The van der Waals surface area contributed by atoms with E-state index < -0.39 is 0 Å². The van der Waals surface area contributed by atoms with E-state index in [-0.39, 0.29) is 30.4 Å². The minimum absolute atomic E-state index is 0. The smallest absolute Gasteiger partial charge is 0.308 e. The fourth-order valence-electron chi connectivity index (χ4n) is 2.36. The molecule has 2 rings (SSSR count). The Morgan fingerprint density at radius 2 is 1.86 bits per heavy atom. The molecule has 22 heavy (non-hydrogen) atoms. The number of esters is 1. The molecule has 0 spiro atoms. The van der Waals surface area contributed by atoms with Gasteiger partial charge in [-0.25, -0.2) is 0 Å². The molecule has 0 radical (unpaired) electrons. The maximum Gasteiger partial charge on any atom is 0.308 e. The molecule has 1 saturated heterocycles. The third-order valence-corrected chi connectivity index (χ3v) is 3.71. The van der Waals surface area contributed by atoms with Crippen LogP contribution in [-0.2, 0) is 14.3 Å². The SMILES string of the molecule is CC(C)C(=O)OC(CCN1CCOCC1)c1ccccc1.Cl. The van der Waals surface area contributed by atoms with Crippen LogP contribution < -0.4 is 0 Å². The fraction of sp³-hybridized carbons (Fsp3) is 0.588. The predicted molar refractivity (Wildman–Crippen MR) is 89.2 cm³/mol. The number of benzene rings is 1. The van der Waals surface area contributed by atoms with E-state index in [1.54, 1.807) is 0 Å². The number of nitrogens with zero attached hydrogens (tertiary/aromatic N) is 1. The van der Waals surface area contributed by atoms with Crippen molar-refractivity contribution in [1.82, 2.24) is 4.90 Å². The Balaban J connectivity index is 0.00000242. The molecule has 124 valence electrons. The number of rotatable bonds is 6. The molecule has 0 N–H and O–H groups in total. The van der Waals surface area contributed by atoms with Gasteiger partial charge in [0.25, 0.3) is 0 Å². The number of morpholine rings is 1. The number of carbonyl (C=O) groups excluding carboxylic acids is 1. The molecular weight excluding hydrogens is 302 g/mol. The van der Waals surface area contributed by atoms with Gasteiger partial charge in [0.1, 0.15) is 6.10 Å². The van der Waals surface area contributed by atoms with E-state index in [2.05, 4.69) is 4.90 Å². The fourth-order valence-corrected chi connectivity index (χ4v) is 2.36. The van der Waals surface area contributed by atoms with Crippen LogP contribution in [0.2, 0.25) is 0 Å². The molecule has 1 fully saturated rings. The van der Waals surface area contributed by atoms with E-state index in [1.165, 1.54) is 0 Å². The first-order chi connectivity index (χ1) is 10.2. The van der Waals surface area contributed by atoms with Gasteiger partial charge >= 0.3 is 5.97 Å². The second kappa shape index (κ2) is 9.82. The lowest BCUT2D eigenvalue weighted by Crippen LogP contribution is -2.37. The number of hydrogen-bond donors (Lipinski definition) is 0. The van der Waals surface area contributed by atoms with Crippen molar-refractivity contribution in [1.29, 1.82) is 0 Å². The van der Waals surface area contributed by atoms with E-state index in [0.717, 1.165) is 44.8 Å². The number of carbonyl (C=O) groups is 1. The van der Waals surface area contributed by atoms with Crippen molar-refractivity contribution in [2.75, 3.05) is 32.8 Å². The molecule has 1 heterocycles. The number of hydrogen-bond acceptors (Lipinski definition) is 4. The number of halogens is 1. The van der Waals surface area contributed by atoms with Crippen molar-refractivity contribution < 1.29 is 14.3 Å². The first-order valence-electron chi connectivity index (χ1n) is 7.72. The summed E-state index contributed by atoms with van der Waals surface area (Å²) in [6.45, 7) is 8.16. The van der Waals surface area contributed by atoms with Gasteiger partial charge in [0.05, 0.1) is 19.1 Å². The standard InChI is InChI=1S/C17H25NO3.ClH/c1-14(2)17(19)21-16(15-6-4-3-5-7-15)8-9-18-10-12-20-13-11-18;/h3-7,14,16H,8-13H2,1-2H3;1H. The summed E-state index contributed by atoms with van der Waals surface area (Å²) in [5.74, 6) is -0.231. The molecule has 0 aromatic heterocycles. The highest BCUT2D eigenvalue weighted by Gasteiger charge is 2.20. The minimum atomic E-state index is -0.163. The highest BCUT2D eigenvalue weighted by atomic mass is 35.5. The van der Waals surface area contributed by atoms with Gasteiger partial charge in [-0.05, 0) is 5.56 Å². The average Bonchev–Trinajstić information content (AvgIpc) is 2.53. The van der Waals surface area contributed by atoms with Gasteiger partial charge < -0.3 is 9.47 Å². The van der Waals surface area contributed by atoms with Gasteiger partial charge in [-0.1, -0.05) is 44.2 Å². The van der Waals surface area contributed by atoms with Crippen LogP contribution in [0.3, 0.4) is 0 Å². The Hall–Kier alpha value is -1.10. The molecule has 5 heteroatoms. The van der Waals surface area contributed by atoms with Crippen molar-refractivity contribution in [2.24, 2.45) is 5.92 Å². The highest BCUT2D eigenvalue weighted by Crippen LogP contribution is 2.23. The minimum Gasteiger partial charge on any atom is -0.457 e. The summed E-state index contributed by atoms with van der Waals surface area (Å²) in [7, 11) is 0. The van der Waals surface area contributed by atoms with Gasteiger partial charge in [0.2, 0.25) is 0 Å². The molecule has 1 aliphatic rings. The summed E-state index contributed by atoms with van der Waals surface area (Å²) >= 11 is 0. The first kappa shape index (κ1) is 18.9. The zero-order valence-electron chi connectivity index (χ0n) is 13.4. The molecule has 4 nitrogen and oxygen atoms in total.